The van der Waals surface area contributed by atoms with Crippen LogP contribution in [-0.2, 0) is 9.53 Å². The molecule has 0 unspecified atom stereocenters. The van der Waals surface area contributed by atoms with Crippen LogP contribution in [0.2, 0.25) is 0 Å². The third-order valence-electron chi connectivity index (χ3n) is 3.65. The zero-order valence-corrected chi connectivity index (χ0v) is 11.8. The van der Waals surface area contributed by atoms with Gasteiger partial charge < -0.3 is 29.9 Å². The van der Waals surface area contributed by atoms with E-state index in [0.29, 0.717) is 5.52 Å². The van der Waals surface area contributed by atoms with E-state index in [1.165, 1.54) is 0 Å². The normalized spacial score (nSPS) is 31.0. The molecule has 0 radical (unpaired) electrons. The van der Waals surface area contributed by atoms with Gasteiger partial charge in [0.1, 0.15) is 29.6 Å². The molecule has 0 saturated carbocycles. The number of hydrogen-bond donors (Lipinski definition) is 4. The van der Waals surface area contributed by atoms with Gasteiger partial charge in [-0.25, -0.2) is 4.79 Å². The van der Waals surface area contributed by atoms with Gasteiger partial charge in [0.25, 0.3) is 0 Å². The topological polar surface area (TPSA) is 129 Å². The van der Waals surface area contributed by atoms with Crippen molar-refractivity contribution in [3.63, 3.8) is 0 Å². The molecule has 0 bridgehead atoms. The van der Waals surface area contributed by atoms with Crippen molar-refractivity contribution in [2.75, 3.05) is 0 Å². The van der Waals surface area contributed by atoms with Crippen molar-refractivity contribution in [3.8, 4) is 5.75 Å². The van der Waals surface area contributed by atoms with Gasteiger partial charge in [-0.2, -0.15) is 0 Å². The number of carboxylic acids is 1. The van der Waals surface area contributed by atoms with Gasteiger partial charge in [-0.05, 0) is 12.1 Å². The van der Waals surface area contributed by atoms with Gasteiger partial charge in [-0.1, -0.05) is 18.2 Å². The fourth-order valence-corrected chi connectivity index (χ4v) is 2.45. The molecule has 1 fully saturated rings. The summed E-state index contributed by atoms with van der Waals surface area (Å²) < 4.78 is 10.6. The first kappa shape index (κ1) is 15.6. The maximum absolute atomic E-state index is 11.1. The summed E-state index contributed by atoms with van der Waals surface area (Å²) in [7, 11) is 0. The second-order valence-corrected chi connectivity index (χ2v) is 5.18. The number of hydrogen-bond acceptors (Lipinski definition) is 7. The van der Waals surface area contributed by atoms with Gasteiger partial charge in [0.05, 0.1) is 0 Å². The number of aromatic nitrogens is 1. The van der Waals surface area contributed by atoms with Crippen LogP contribution in [0.3, 0.4) is 0 Å². The molecule has 4 N–H and O–H groups in total. The molecule has 3 rings (SSSR count). The molecule has 2 aromatic rings. The summed E-state index contributed by atoms with van der Waals surface area (Å²) >= 11 is 0. The highest BCUT2D eigenvalue weighted by Crippen LogP contribution is 2.28. The first-order valence-corrected chi connectivity index (χ1v) is 6.92. The lowest BCUT2D eigenvalue weighted by Gasteiger charge is -2.38. The van der Waals surface area contributed by atoms with Crippen LogP contribution < -0.4 is 4.74 Å². The van der Waals surface area contributed by atoms with Crippen LogP contribution in [-0.4, -0.2) is 62.1 Å². The first-order chi connectivity index (χ1) is 11.0. The predicted molar refractivity (Wildman–Crippen MR) is 76.7 cm³/mol. The smallest absolute Gasteiger partial charge is 0.335 e. The highest BCUT2D eigenvalue weighted by Gasteiger charge is 2.48. The molecule has 1 aliphatic rings. The fraction of sp³-hybridized carbons (Fsp3) is 0.333. The van der Waals surface area contributed by atoms with Crippen molar-refractivity contribution in [1.82, 2.24) is 4.98 Å². The number of aliphatic carboxylic acids is 1. The Labute approximate surface area is 130 Å². The van der Waals surface area contributed by atoms with Crippen LogP contribution in [0, 0.1) is 0 Å². The van der Waals surface area contributed by atoms with Crippen molar-refractivity contribution in [2.45, 2.75) is 30.7 Å². The Morgan fingerprint density at radius 1 is 1.09 bits per heavy atom. The number of pyridine rings is 1. The second kappa shape index (κ2) is 6.09. The van der Waals surface area contributed by atoms with Crippen molar-refractivity contribution in [2.24, 2.45) is 0 Å². The largest absolute Gasteiger partial charge is 0.479 e. The predicted octanol–water partition coefficient (Wildman–Crippen LogP) is -0.494. The molecule has 0 amide bonds. The molecule has 5 atom stereocenters. The summed E-state index contributed by atoms with van der Waals surface area (Å²) in [6.07, 6.45) is -6.68. The molecule has 1 aliphatic heterocycles. The molecule has 2 heterocycles. The highest BCUT2D eigenvalue weighted by atomic mass is 16.7. The molecule has 8 heteroatoms. The molecule has 1 aromatic carbocycles. The van der Waals surface area contributed by atoms with Crippen molar-refractivity contribution < 1.29 is 34.7 Å². The number of nitrogens with zero attached hydrogens (tertiary/aromatic N) is 1. The molecule has 0 aliphatic carbocycles. The van der Waals surface area contributed by atoms with E-state index >= 15 is 0 Å². The van der Waals surface area contributed by atoms with Crippen molar-refractivity contribution in [1.29, 1.82) is 0 Å². The molecule has 122 valence electrons. The third kappa shape index (κ3) is 2.84. The Kier molecular flexibility index (Phi) is 4.14. The monoisotopic (exact) mass is 321 g/mol. The summed E-state index contributed by atoms with van der Waals surface area (Å²) in [4.78, 5) is 15.3. The SMILES string of the molecule is O=C(O)[C@H]1O[C@@H](Oc2cccc3cccnc23)[C@H](O)[C@@H](O)[C@H]1O. The summed E-state index contributed by atoms with van der Waals surface area (Å²) in [5.74, 6) is -1.20. The number of aliphatic hydroxyl groups excluding tert-OH is 3. The highest BCUT2D eigenvalue weighted by molar-refractivity contribution is 5.84. The Hall–Kier alpha value is -2.26. The second-order valence-electron chi connectivity index (χ2n) is 5.18. The summed E-state index contributed by atoms with van der Waals surface area (Å²) in [6, 6.07) is 8.66. The lowest BCUT2D eigenvalue weighted by atomic mass is 9.99. The Balaban J connectivity index is 1.90. The minimum atomic E-state index is -1.76. The van der Waals surface area contributed by atoms with E-state index < -0.39 is 36.7 Å². The van der Waals surface area contributed by atoms with Crippen LogP contribution >= 0.6 is 0 Å². The molecule has 1 aromatic heterocycles. The van der Waals surface area contributed by atoms with E-state index in [1.54, 1.807) is 24.4 Å². The summed E-state index contributed by atoms with van der Waals surface area (Å²) in [5.41, 5.74) is 0.498. The van der Waals surface area contributed by atoms with E-state index in [9.17, 15) is 20.1 Å². The maximum Gasteiger partial charge on any atom is 0.335 e. The average Bonchev–Trinajstić information content (AvgIpc) is 2.55. The quantitative estimate of drug-likeness (QED) is 0.596. The van der Waals surface area contributed by atoms with Gasteiger partial charge in [0.2, 0.25) is 6.29 Å². The number of carboxylic acid groups (broad SMARTS) is 1. The van der Waals surface area contributed by atoms with Crippen LogP contribution in [0.15, 0.2) is 36.5 Å². The maximum atomic E-state index is 11.1. The van der Waals surface area contributed by atoms with E-state index in [1.807, 2.05) is 12.1 Å². The standard InChI is InChI=1S/C15H15NO7/c17-10-11(18)13(14(20)21)23-15(12(10)19)22-8-5-1-3-7-4-2-6-16-9(7)8/h1-6,10-13,15,17-19H,(H,20,21)/t10-,11+,12+,13-,15+/m0/s1. The number of aliphatic hydroxyl groups is 3. The summed E-state index contributed by atoms with van der Waals surface area (Å²) in [6.45, 7) is 0. The fourth-order valence-electron chi connectivity index (χ4n) is 2.45. The number of fused-ring (bicyclic) bond motifs is 1. The molecular formula is C15H15NO7. The average molecular weight is 321 g/mol. The zero-order valence-electron chi connectivity index (χ0n) is 11.8. The number of ether oxygens (including phenoxy) is 2. The van der Waals surface area contributed by atoms with Crippen LogP contribution in [0.5, 0.6) is 5.75 Å². The Morgan fingerprint density at radius 3 is 2.57 bits per heavy atom. The van der Waals surface area contributed by atoms with Crippen molar-refractivity contribution >= 4 is 16.9 Å². The van der Waals surface area contributed by atoms with Crippen LogP contribution in [0.25, 0.3) is 10.9 Å². The number of benzene rings is 1. The summed E-state index contributed by atoms with van der Waals surface area (Å²) in [5, 5.41) is 39.2. The first-order valence-electron chi connectivity index (χ1n) is 6.92. The molecule has 0 spiro atoms. The number of carbonyl (C=O) groups is 1. The van der Waals surface area contributed by atoms with Gasteiger partial charge in [0.15, 0.2) is 6.10 Å². The number of rotatable bonds is 3. The molecule has 1 saturated heterocycles. The van der Waals surface area contributed by atoms with E-state index in [4.69, 9.17) is 14.6 Å². The third-order valence-corrected chi connectivity index (χ3v) is 3.65. The van der Waals surface area contributed by atoms with Gasteiger partial charge in [0, 0.05) is 11.6 Å². The van der Waals surface area contributed by atoms with Gasteiger partial charge in [-0.15, -0.1) is 0 Å². The van der Waals surface area contributed by atoms with Crippen LogP contribution in [0.4, 0.5) is 0 Å². The molecule has 23 heavy (non-hydrogen) atoms. The van der Waals surface area contributed by atoms with E-state index in [2.05, 4.69) is 4.98 Å². The van der Waals surface area contributed by atoms with Crippen molar-refractivity contribution in [3.05, 3.63) is 36.5 Å². The lowest BCUT2D eigenvalue weighted by Crippen LogP contribution is -2.61. The minimum absolute atomic E-state index is 0.264. The lowest BCUT2D eigenvalue weighted by molar-refractivity contribution is -0.270. The Morgan fingerprint density at radius 2 is 1.83 bits per heavy atom. The minimum Gasteiger partial charge on any atom is -0.479 e. The number of para-hydroxylation sites is 1. The molecular weight excluding hydrogens is 306 g/mol. The van der Waals surface area contributed by atoms with Crippen LogP contribution in [0.1, 0.15) is 0 Å². The van der Waals surface area contributed by atoms with Gasteiger partial charge >= 0.3 is 5.97 Å². The van der Waals surface area contributed by atoms with E-state index in [0.717, 1.165) is 5.39 Å². The van der Waals surface area contributed by atoms with E-state index in [-0.39, 0.29) is 5.75 Å². The van der Waals surface area contributed by atoms with Gasteiger partial charge in [-0.3, -0.25) is 4.98 Å². The molecule has 8 nitrogen and oxygen atoms in total. The zero-order chi connectivity index (χ0) is 16.6. The Bertz CT molecular complexity index is 717.